The molecule has 0 bridgehead atoms. The molecule has 1 heterocycles. The van der Waals surface area contributed by atoms with Crippen LogP contribution in [0.15, 0.2) is 0 Å². The zero-order valence-electron chi connectivity index (χ0n) is 5.90. The fourth-order valence-electron chi connectivity index (χ4n) is 1.66. The molecule has 2 fully saturated rings. The summed E-state index contributed by atoms with van der Waals surface area (Å²) in [5.41, 5.74) is 0.158. The summed E-state index contributed by atoms with van der Waals surface area (Å²) in [7, 11) is 0. The van der Waals surface area contributed by atoms with E-state index in [1.807, 2.05) is 0 Å². The number of alkyl halides is 1. The lowest BCUT2D eigenvalue weighted by Gasteiger charge is -2.25. The number of rotatable bonds is 0. The van der Waals surface area contributed by atoms with Crippen molar-refractivity contribution in [2.75, 3.05) is 13.1 Å². The molecule has 1 spiro atoms. The monoisotopic (exact) mass is 165 g/mol. The Labute approximate surface area is 66.8 Å². The summed E-state index contributed by atoms with van der Waals surface area (Å²) in [5.74, 6) is 0. The molecule has 1 saturated carbocycles. The first-order chi connectivity index (χ1) is 4.33. The standard InChI is InChI=1S/C7H12FN.ClH/c8-6-5-9-4-3-7(6)1-2-7;/h6,9H,1-5H2;1H. The minimum Gasteiger partial charge on any atom is -0.314 e. The van der Waals surface area contributed by atoms with Gasteiger partial charge in [-0.1, -0.05) is 0 Å². The minimum atomic E-state index is -0.550. The van der Waals surface area contributed by atoms with Gasteiger partial charge in [0.15, 0.2) is 0 Å². The highest BCUT2D eigenvalue weighted by Gasteiger charge is 2.50. The minimum absolute atomic E-state index is 0. The third-order valence-corrected chi connectivity index (χ3v) is 2.68. The van der Waals surface area contributed by atoms with Crippen molar-refractivity contribution in [1.29, 1.82) is 0 Å². The highest BCUT2D eigenvalue weighted by molar-refractivity contribution is 5.85. The lowest BCUT2D eigenvalue weighted by atomic mass is 9.93. The molecule has 1 unspecified atom stereocenters. The molecule has 0 aromatic carbocycles. The zero-order chi connectivity index (χ0) is 6.32. The van der Waals surface area contributed by atoms with Gasteiger partial charge in [-0.05, 0) is 25.8 Å². The van der Waals surface area contributed by atoms with Crippen LogP contribution in [0.2, 0.25) is 0 Å². The van der Waals surface area contributed by atoms with Gasteiger partial charge in [0.05, 0.1) is 0 Å². The molecule has 1 atom stereocenters. The summed E-state index contributed by atoms with van der Waals surface area (Å²) < 4.78 is 13.0. The van der Waals surface area contributed by atoms with Crippen LogP contribution in [0.3, 0.4) is 0 Å². The molecule has 2 rings (SSSR count). The van der Waals surface area contributed by atoms with Crippen LogP contribution in [0.4, 0.5) is 4.39 Å². The maximum atomic E-state index is 13.0. The van der Waals surface area contributed by atoms with Gasteiger partial charge in [-0.3, -0.25) is 0 Å². The first-order valence-corrected chi connectivity index (χ1v) is 3.68. The number of halogens is 2. The van der Waals surface area contributed by atoms with Crippen LogP contribution in [0.5, 0.6) is 0 Å². The van der Waals surface area contributed by atoms with Crippen LogP contribution in [0.25, 0.3) is 0 Å². The van der Waals surface area contributed by atoms with E-state index >= 15 is 0 Å². The summed E-state index contributed by atoms with van der Waals surface area (Å²) in [5, 5.41) is 3.06. The Kier molecular flexibility index (Phi) is 2.21. The first kappa shape index (κ1) is 8.28. The topological polar surface area (TPSA) is 12.0 Å². The normalized spacial score (nSPS) is 35.1. The number of hydrogen-bond donors (Lipinski definition) is 1. The largest absolute Gasteiger partial charge is 0.314 e. The predicted molar refractivity (Wildman–Crippen MR) is 41.3 cm³/mol. The zero-order valence-corrected chi connectivity index (χ0v) is 6.72. The average Bonchev–Trinajstić information content (AvgIpc) is 2.60. The number of hydrogen-bond acceptors (Lipinski definition) is 1. The van der Waals surface area contributed by atoms with Crippen molar-refractivity contribution in [2.45, 2.75) is 25.4 Å². The molecule has 0 amide bonds. The van der Waals surface area contributed by atoms with Gasteiger partial charge in [-0.2, -0.15) is 0 Å². The van der Waals surface area contributed by atoms with Crippen molar-refractivity contribution in [1.82, 2.24) is 5.32 Å². The Balaban J connectivity index is 0.000000500. The summed E-state index contributed by atoms with van der Waals surface area (Å²) in [6, 6.07) is 0. The van der Waals surface area contributed by atoms with Gasteiger partial charge in [0, 0.05) is 12.0 Å². The van der Waals surface area contributed by atoms with E-state index in [-0.39, 0.29) is 17.8 Å². The van der Waals surface area contributed by atoms with Crippen molar-refractivity contribution >= 4 is 12.4 Å². The van der Waals surface area contributed by atoms with Crippen molar-refractivity contribution in [3.8, 4) is 0 Å². The summed E-state index contributed by atoms with van der Waals surface area (Å²) in [6.45, 7) is 1.63. The Morgan fingerprint density at radius 3 is 2.40 bits per heavy atom. The Morgan fingerprint density at radius 2 is 2.00 bits per heavy atom. The SMILES string of the molecule is Cl.FC1CNCCC12CC2. The van der Waals surface area contributed by atoms with Crippen molar-refractivity contribution in [2.24, 2.45) is 5.41 Å². The van der Waals surface area contributed by atoms with Gasteiger partial charge >= 0.3 is 0 Å². The molecule has 0 aromatic heterocycles. The van der Waals surface area contributed by atoms with E-state index in [4.69, 9.17) is 0 Å². The molecular weight excluding hydrogens is 153 g/mol. The van der Waals surface area contributed by atoms with Crippen LogP contribution in [-0.4, -0.2) is 19.3 Å². The van der Waals surface area contributed by atoms with Gasteiger partial charge in [-0.15, -0.1) is 12.4 Å². The lowest BCUT2D eigenvalue weighted by molar-refractivity contribution is 0.161. The predicted octanol–water partition coefficient (Wildman–Crippen LogP) is 1.52. The fraction of sp³-hybridized carbons (Fsp3) is 1.00. The maximum Gasteiger partial charge on any atom is 0.118 e. The summed E-state index contributed by atoms with van der Waals surface area (Å²) >= 11 is 0. The van der Waals surface area contributed by atoms with Gasteiger partial charge < -0.3 is 5.32 Å². The quantitative estimate of drug-likeness (QED) is 0.574. The molecule has 3 heteroatoms. The third kappa shape index (κ3) is 1.15. The van der Waals surface area contributed by atoms with E-state index in [1.165, 1.54) is 0 Å². The number of nitrogens with one attached hydrogen (secondary N) is 1. The fourth-order valence-corrected chi connectivity index (χ4v) is 1.66. The second-order valence-corrected chi connectivity index (χ2v) is 3.28. The average molecular weight is 166 g/mol. The van der Waals surface area contributed by atoms with Crippen LogP contribution in [0, 0.1) is 5.41 Å². The molecule has 1 aliphatic carbocycles. The van der Waals surface area contributed by atoms with Gasteiger partial charge in [0.2, 0.25) is 0 Å². The Morgan fingerprint density at radius 1 is 1.30 bits per heavy atom. The van der Waals surface area contributed by atoms with Gasteiger partial charge in [0.25, 0.3) is 0 Å². The van der Waals surface area contributed by atoms with Crippen molar-refractivity contribution in [3.05, 3.63) is 0 Å². The Bertz CT molecular complexity index is 125. The highest BCUT2D eigenvalue weighted by atomic mass is 35.5. The van der Waals surface area contributed by atoms with E-state index in [2.05, 4.69) is 5.32 Å². The molecule has 1 nitrogen and oxygen atoms in total. The van der Waals surface area contributed by atoms with Crippen LogP contribution in [-0.2, 0) is 0 Å². The second kappa shape index (κ2) is 2.67. The van der Waals surface area contributed by atoms with Crippen LogP contribution >= 0.6 is 12.4 Å². The third-order valence-electron chi connectivity index (χ3n) is 2.68. The lowest BCUT2D eigenvalue weighted by Crippen LogP contribution is -2.39. The van der Waals surface area contributed by atoms with E-state index in [1.54, 1.807) is 0 Å². The first-order valence-electron chi connectivity index (χ1n) is 3.68. The molecule has 10 heavy (non-hydrogen) atoms. The van der Waals surface area contributed by atoms with Crippen molar-refractivity contribution < 1.29 is 4.39 Å². The van der Waals surface area contributed by atoms with E-state index < -0.39 is 6.17 Å². The highest BCUT2D eigenvalue weighted by Crippen LogP contribution is 2.53. The maximum absolute atomic E-state index is 13.0. The summed E-state index contributed by atoms with van der Waals surface area (Å²) in [6.07, 6.45) is 2.78. The van der Waals surface area contributed by atoms with Crippen LogP contribution in [0.1, 0.15) is 19.3 Å². The molecule has 1 N–H and O–H groups in total. The molecule has 2 aliphatic rings. The van der Waals surface area contributed by atoms with Gasteiger partial charge in [0.1, 0.15) is 6.17 Å². The molecular formula is C7H13ClFN. The molecule has 1 saturated heterocycles. The molecule has 60 valence electrons. The van der Waals surface area contributed by atoms with Crippen molar-refractivity contribution in [3.63, 3.8) is 0 Å². The molecule has 1 aliphatic heterocycles. The molecule has 0 radical (unpaired) electrons. The van der Waals surface area contributed by atoms with Gasteiger partial charge in [-0.25, -0.2) is 4.39 Å². The van der Waals surface area contributed by atoms with E-state index in [9.17, 15) is 4.39 Å². The Hall–Kier alpha value is 0.180. The van der Waals surface area contributed by atoms with E-state index in [0.717, 1.165) is 25.8 Å². The smallest absolute Gasteiger partial charge is 0.118 e. The molecule has 0 aromatic rings. The second-order valence-electron chi connectivity index (χ2n) is 3.28. The summed E-state index contributed by atoms with van der Waals surface area (Å²) in [4.78, 5) is 0. The van der Waals surface area contributed by atoms with Crippen LogP contribution < -0.4 is 5.32 Å². The number of piperidine rings is 1. The van der Waals surface area contributed by atoms with E-state index in [0.29, 0.717) is 6.54 Å².